The topological polar surface area (TPSA) is 38.0 Å². The minimum atomic E-state index is -0.485. The minimum Gasteiger partial charge on any atom is -0.506 e. The van der Waals surface area contributed by atoms with Gasteiger partial charge in [0.05, 0.1) is 5.69 Å². The number of aromatic nitrogens is 2. The molecule has 0 saturated heterocycles. The SMILES string of the molecule is Cc1cc(C)n(-c2c(O)cccc2F)n1. The van der Waals surface area contributed by atoms with Crippen LogP contribution < -0.4 is 0 Å². The van der Waals surface area contributed by atoms with Gasteiger partial charge in [-0.3, -0.25) is 0 Å². The average Bonchev–Trinajstić information content (AvgIpc) is 2.45. The molecule has 1 aromatic carbocycles. The molecule has 0 aliphatic rings. The van der Waals surface area contributed by atoms with Crippen LogP contribution in [0, 0.1) is 19.7 Å². The van der Waals surface area contributed by atoms with Crippen molar-refractivity contribution in [2.75, 3.05) is 0 Å². The zero-order valence-electron chi connectivity index (χ0n) is 8.53. The van der Waals surface area contributed by atoms with E-state index in [1.165, 1.54) is 22.9 Å². The van der Waals surface area contributed by atoms with E-state index < -0.39 is 5.82 Å². The maximum absolute atomic E-state index is 13.5. The van der Waals surface area contributed by atoms with Gasteiger partial charge in [0.15, 0.2) is 5.82 Å². The molecule has 78 valence electrons. The number of phenols is 1. The Bertz CT molecular complexity index is 485. The molecule has 1 aromatic heterocycles. The summed E-state index contributed by atoms with van der Waals surface area (Å²) in [5.41, 5.74) is 1.67. The Morgan fingerprint density at radius 3 is 2.60 bits per heavy atom. The molecular weight excluding hydrogens is 195 g/mol. The molecular formula is C11H11FN2O. The second-order valence-electron chi connectivity index (χ2n) is 3.45. The number of phenolic OH excluding ortho intramolecular Hbond substituents is 1. The second kappa shape index (κ2) is 3.38. The summed E-state index contributed by atoms with van der Waals surface area (Å²) in [6.07, 6.45) is 0. The van der Waals surface area contributed by atoms with Crippen LogP contribution in [-0.4, -0.2) is 14.9 Å². The lowest BCUT2D eigenvalue weighted by Gasteiger charge is -2.07. The Labute approximate surface area is 86.8 Å². The molecule has 2 aromatic rings. The molecule has 0 spiro atoms. The van der Waals surface area contributed by atoms with Gasteiger partial charge >= 0.3 is 0 Å². The van der Waals surface area contributed by atoms with Crippen LogP contribution in [-0.2, 0) is 0 Å². The van der Waals surface area contributed by atoms with Crippen LogP contribution in [0.1, 0.15) is 11.4 Å². The highest BCUT2D eigenvalue weighted by molar-refractivity contribution is 5.47. The normalized spacial score (nSPS) is 10.6. The predicted molar refractivity (Wildman–Crippen MR) is 54.7 cm³/mol. The summed E-state index contributed by atoms with van der Waals surface area (Å²) in [6, 6.07) is 6.02. The maximum atomic E-state index is 13.5. The molecule has 0 saturated carbocycles. The first-order valence-electron chi connectivity index (χ1n) is 4.60. The third kappa shape index (κ3) is 1.58. The number of hydrogen-bond acceptors (Lipinski definition) is 2. The van der Waals surface area contributed by atoms with Gasteiger partial charge in [-0.15, -0.1) is 0 Å². The zero-order valence-corrected chi connectivity index (χ0v) is 8.53. The lowest BCUT2D eigenvalue weighted by atomic mass is 10.2. The van der Waals surface area contributed by atoms with Crippen molar-refractivity contribution in [3.8, 4) is 11.4 Å². The van der Waals surface area contributed by atoms with E-state index in [9.17, 15) is 9.50 Å². The molecule has 0 fully saturated rings. The molecule has 1 heterocycles. The standard InChI is InChI=1S/C11H11FN2O/c1-7-6-8(2)14(13-7)11-9(12)4-3-5-10(11)15/h3-6,15H,1-2H3. The average molecular weight is 206 g/mol. The number of nitrogens with zero attached hydrogens (tertiary/aromatic N) is 2. The van der Waals surface area contributed by atoms with Gasteiger partial charge in [-0.2, -0.15) is 5.10 Å². The molecule has 0 radical (unpaired) electrons. The Balaban J connectivity index is 2.68. The van der Waals surface area contributed by atoms with Crippen molar-refractivity contribution in [1.82, 2.24) is 9.78 Å². The van der Waals surface area contributed by atoms with Gasteiger partial charge in [0.25, 0.3) is 0 Å². The van der Waals surface area contributed by atoms with Gasteiger partial charge in [0, 0.05) is 5.69 Å². The van der Waals surface area contributed by atoms with E-state index in [0.29, 0.717) is 0 Å². The van der Waals surface area contributed by atoms with Crippen molar-refractivity contribution >= 4 is 0 Å². The van der Waals surface area contributed by atoms with E-state index in [0.717, 1.165) is 11.4 Å². The summed E-state index contributed by atoms with van der Waals surface area (Å²) in [5.74, 6) is -0.595. The van der Waals surface area contributed by atoms with Crippen molar-refractivity contribution < 1.29 is 9.50 Å². The maximum Gasteiger partial charge on any atom is 0.152 e. The fourth-order valence-corrected chi connectivity index (χ4v) is 1.57. The van der Waals surface area contributed by atoms with E-state index in [-0.39, 0.29) is 11.4 Å². The number of rotatable bonds is 1. The molecule has 0 amide bonds. The van der Waals surface area contributed by atoms with Crippen LogP contribution in [0.25, 0.3) is 5.69 Å². The Hall–Kier alpha value is -1.84. The van der Waals surface area contributed by atoms with Gasteiger partial charge in [-0.05, 0) is 32.0 Å². The van der Waals surface area contributed by atoms with Crippen LogP contribution in [0.5, 0.6) is 5.75 Å². The number of para-hydroxylation sites is 1. The first-order chi connectivity index (χ1) is 7.09. The first kappa shape index (κ1) is 9.71. The van der Waals surface area contributed by atoms with E-state index in [2.05, 4.69) is 5.10 Å². The molecule has 0 aliphatic heterocycles. The molecule has 1 N–H and O–H groups in total. The number of hydrogen-bond donors (Lipinski definition) is 1. The van der Waals surface area contributed by atoms with Crippen LogP contribution in [0.3, 0.4) is 0 Å². The van der Waals surface area contributed by atoms with Crippen LogP contribution in [0.4, 0.5) is 4.39 Å². The van der Waals surface area contributed by atoms with Gasteiger partial charge in [0.2, 0.25) is 0 Å². The third-order valence-corrected chi connectivity index (χ3v) is 2.19. The highest BCUT2D eigenvalue weighted by Gasteiger charge is 2.12. The van der Waals surface area contributed by atoms with Gasteiger partial charge in [-0.25, -0.2) is 9.07 Å². The quantitative estimate of drug-likeness (QED) is 0.777. The largest absolute Gasteiger partial charge is 0.506 e. The van der Waals surface area contributed by atoms with Gasteiger partial charge in [0.1, 0.15) is 11.4 Å². The monoisotopic (exact) mass is 206 g/mol. The smallest absolute Gasteiger partial charge is 0.152 e. The highest BCUT2D eigenvalue weighted by atomic mass is 19.1. The summed E-state index contributed by atoms with van der Waals surface area (Å²) in [6.45, 7) is 3.63. The number of aryl methyl sites for hydroxylation is 2. The Kier molecular flexibility index (Phi) is 2.19. The van der Waals surface area contributed by atoms with Crippen LogP contribution >= 0.6 is 0 Å². The summed E-state index contributed by atoms with van der Waals surface area (Å²) in [5, 5.41) is 13.7. The summed E-state index contributed by atoms with van der Waals surface area (Å²) in [4.78, 5) is 0. The minimum absolute atomic E-state index is 0.100. The molecule has 15 heavy (non-hydrogen) atoms. The highest BCUT2D eigenvalue weighted by Crippen LogP contribution is 2.25. The molecule has 0 atom stereocenters. The van der Waals surface area contributed by atoms with E-state index in [1.807, 2.05) is 19.9 Å². The van der Waals surface area contributed by atoms with E-state index in [4.69, 9.17) is 0 Å². The molecule has 0 aliphatic carbocycles. The molecule has 3 nitrogen and oxygen atoms in total. The molecule has 0 unspecified atom stereocenters. The molecule has 0 bridgehead atoms. The lowest BCUT2D eigenvalue weighted by Crippen LogP contribution is -2.02. The number of aromatic hydroxyl groups is 1. The fraction of sp³-hybridized carbons (Fsp3) is 0.182. The summed E-state index contributed by atoms with van der Waals surface area (Å²) < 4.78 is 14.9. The van der Waals surface area contributed by atoms with Crippen LogP contribution in [0.2, 0.25) is 0 Å². The summed E-state index contributed by atoms with van der Waals surface area (Å²) in [7, 11) is 0. The van der Waals surface area contributed by atoms with Crippen molar-refractivity contribution in [2.24, 2.45) is 0 Å². The first-order valence-corrected chi connectivity index (χ1v) is 4.60. The van der Waals surface area contributed by atoms with Crippen molar-refractivity contribution in [1.29, 1.82) is 0 Å². The number of halogens is 1. The third-order valence-electron chi connectivity index (χ3n) is 2.19. The number of benzene rings is 1. The molecule has 4 heteroatoms. The van der Waals surface area contributed by atoms with Crippen LogP contribution in [0.15, 0.2) is 24.3 Å². The second-order valence-corrected chi connectivity index (χ2v) is 3.45. The van der Waals surface area contributed by atoms with Gasteiger partial charge < -0.3 is 5.11 Å². The van der Waals surface area contributed by atoms with E-state index >= 15 is 0 Å². The van der Waals surface area contributed by atoms with Gasteiger partial charge in [-0.1, -0.05) is 6.07 Å². The van der Waals surface area contributed by atoms with E-state index in [1.54, 1.807) is 0 Å². The predicted octanol–water partition coefficient (Wildman–Crippen LogP) is 2.33. The zero-order chi connectivity index (χ0) is 11.0. The lowest BCUT2D eigenvalue weighted by molar-refractivity contribution is 0.461. The summed E-state index contributed by atoms with van der Waals surface area (Å²) >= 11 is 0. The molecule has 2 rings (SSSR count). The fourth-order valence-electron chi connectivity index (χ4n) is 1.57. The van der Waals surface area contributed by atoms with Crippen molar-refractivity contribution in [2.45, 2.75) is 13.8 Å². The Morgan fingerprint density at radius 1 is 1.33 bits per heavy atom. The Morgan fingerprint density at radius 2 is 2.07 bits per heavy atom. The van der Waals surface area contributed by atoms with Crippen molar-refractivity contribution in [3.63, 3.8) is 0 Å². The van der Waals surface area contributed by atoms with Crippen molar-refractivity contribution in [3.05, 3.63) is 41.5 Å².